The Bertz CT molecular complexity index is 1380. The molecule has 1 fully saturated rings. The Labute approximate surface area is 201 Å². The van der Waals surface area contributed by atoms with Crippen LogP contribution in [0.15, 0.2) is 105 Å². The van der Waals surface area contributed by atoms with E-state index < -0.39 is 0 Å². The van der Waals surface area contributed by atoms with Gasteiger partial charge in [-0.15, -0.1) is 0 Å². The fourth-order valence-corrected chi connectivity index (χ4v) is 4.59. The first kappa shape index (κ1) is 21.3. The van der Waals surface area contributed by atoms with E-state index in [4.69, 9.17) is 21.0 Å². The summed E-state index contributed by atoms with van der Waals surface area (Å²) >= 11 is 7.59. The number of para-hydroxylation sites is 2. The van der Waals surface area contributed by atoms with Crippen LogP contribution in [0.4, 0.5) is 11.4 Å². The van der Waals surface area contributed by atoms with Crippen LogP contribution in [0.5, 0.6) is 0 Å². The first-order valence-corrected chi connectivity index (χ1v) is 11.6. The lowest BCUT2D eigenvalue weighted by Crippen LogP contribution is -2.28. The van der Waals surface area contributed by atoms with Gasteiger partial charge in [-0.05, 0) is 66.7 Å². The van der Waals surface area contributed by atoms with Crippen LogP contribution in [0.1, 0.15) is 11.3 Å². The number of amides is 1. The van der Waals surface area contributed by atoms with Gasteiger partial charge in [0, 0.05) is 16.7 Å². The smallest absolute Gasteiger partial charge is 0.271 e. The molecule has 0 atom stereocenters. The van der Waals surface area contributed by atoms with Crippen LogP contribution < -0.4 is 4.90 Å². The van der Waals surface area contributed by atoms with Crippen molar-refractivity contribution in [3.8, 4) is 11.3 Å². The summed E-state index contributed by atoms with van der Waals surface area (Å²) in [5, 5.41) is 1.28. The lowest BCUT2D eigenvalue weighted by atomic mass is 10.1. The number of hydrogen-bond acceptors (Lipinski definition) is 4. The molecule has 1 aliphatic rings. The predicted octanol–water partition coefficient (Wildman–Crippen LogP) is 7.72. The van der Waals surface area contributed by atoms with Crippen molar-refractivity contribution in [1.82, 2.24) is 0 Å². The van der Waals surface area contributed by atoms with Gasteiger partial charge in [0.15, 0.2) is 5.17 Å². The molecule has 0 bridgehead atoms. The van der Waals surface area contributed by atoms with Crippen LogP contribution in [0.3, 0.4) is 0 Å². The summed E-state index contributed by atoms with van der Waals surface area (Å²) in [6.45, 7) is 1.96. The van der Waals surface area contributed by atoms with Crippen LogP contribution in [0.2, 0.25) is 5.02 Å². The molecule has 6 heteroatoms. The summed E-state index contributed by atoms with van der Waals surface area (Å²) in [5.74, 6) is 1.14. The molecule has 1 aromatic heterocycles. The average Bonchev–Trinajstić information content (AvgIpc) is 3.42. The highest BCUT2D eigenvalue weighted by molar-refractivity contribution is 8.19. The molecule has 3 aromatic carbocycles. The first-order valence-electron chi connectivity index (χ1n) is 10.4. The van der Waals surface area contributed by atoms with E-state index in [2.05, 4.69) is 0 Å². The van der Waals surface area contributed by atoms with Crippen molar-refractivity contribution in [1.29, 1.82) is 0 Å². The van der Waals surface area contributed by atoms with Gasteiger partial charge in [0.1, 0.15) is 11.5 Å². The van der Waals surface area contributed by atoms with E-state index >= 15 is 0 Å². The molecular weight excluding hydrogens is 452 g/mol. The number of nitrogens with zero attached hydrogens (tertiary/aromatic N) is 2. The van der Waals surface area contributed by atoms with Crippen LogP contribution in [-0.2, 0) is 4.79 Å². The Kier molecular flexibility index (Phi) is 5.90. The fraction of sp³-hybridized carbons (Fsp3) is 0.0370. The van der Waals surface area contributed by atoms with Crippen LogP contribution in [0, 0.1) is 6.92 Å². The molecule has 162 valence electrons. The molecule has 0 radical (unpaired) electrons. The number of benzene rings is 3. The maximum Gasteiger partial charge on any atom is 0.271 e. The van der Waals surface area contributed by atoms with Gasteiger partial charge >= 0.3 is 0 Å². The number of furan rings is 1. The number of amidine groups is 1. The molecule has 0 N–H and O–H groups in total. The summed E-state index contributed by atoms with van der Waals surface area (Å²) in [5.41, 5.74) is 3.44. The largest absolute Gasteiger partial charge is 0.457 e. The Morgan fingerprint density at radius 2 is 1.67 bits per heavy atom. The van der Waals surface area contributed by atoms with Gasteiger partial charge in [-0.1, -0.05) is 60.1 Å². The molecule has 0 saturated carbocycles. The third-order valence-corrected chi connectivity index (χ3v) is 6.53. The normalized spacial score (nSPS) is 16.2. The van der Waals surface area contributed by atoms with Crippen molar-refractivity contribution >= 4 is 51.9 Å². The van der Waals surface area contributed by atoms with Crippen LogP contribution in [0.25, 0.3) is 17.4 Å². The van der Waals surface area contributed by atoms with Gasteiger partial charge in [0.05, 0.1) is 16.3 Å². The molecular formula is C27H19ClN2O2S. The lowest BCUT2D eigenvalue weighted by molar-refractivity contribution is -0.113. The molecule has 0 spiro atoms. The summed E-state index contributed by atoms with van der Waals surface area (Å²) in [6, 6.07) is 28.7. The average molecular weight is 471 g/mol. The number of aliphatic imine (C=N–C) groups is 1. The molecule has 1 saturated heterocycles. The second kappa shape index (κ2) is 9.14. The number of carbonyl (C=O) groups is 1. The minimum atomic E-state index is -0.141. The Morgan fingerprint density at radius 3 is 2.39 bits per heavy atom. The number of aryl methyl sites for hydroxylation is 1. The summed E-state index contributed by atoms with van der Waals surface area (Å²) in [6.07, 6.45) is 1.76. The van der Waals surface area contributed by atoms with Crippen molar-refractivity contribution in [2.45, 2.75) is 6.92 Å². The van der Waals surface area contributed by atoms with Crippen molar-refractivity contribution in [3.63, 3.8) is 0 Å². The van der Waals surface area contributed by atoms with Gasteiger partial charge in [0.2, 0.25) is 0 Å². The third kappa shape index (κ3) is 4.51. The highest BCUT2D eigenvalue weighted by Crippen LogP contribution is 2.38. The Balaban J connectivity index is 1.50. The maximum absolute atomic E-state index is 13.4. The number of hydrogen-bond donors (Lipinski definition) is 0. The van der Waals surface area contributed by atoms with E-state index in [0.29, 0.717) is 26.6 Å². The molecule has 0 unspecified atom stereocenters. The van der Waals surface area contributed by atoms with Gasteiger partial charge < -0.3 is 4.42 Å². The van der Waals surface area contributed by atoms with E-state index in [0.717, 1.165) is 22.5 Å². The molecule has 1 aliphatic heterocycles. The Morgan fingerprint density at radius 1 is 0.939 bits per heavy atom. The Hall–Kier alpha value is -3.54. The summed E-state index contributed by atoms with van der Waals surface area (Å²) in [4.78, 5) is 20.3. The zero-order valence-corrected chi connectivity index (χ0v) is 19.3. The number of rotatable bonds is 4. The molecule has 5 rings (SSSR count). The zero-order valence-electron chi connectivity index (χ0n) is 17.7. The predicted molar refractivity (Wildman–Crippen MR) is 137 cm³/mol. The second-order valence-electron chi connectivity index (χ2n) is 7.48. The number of halogens is 1. The highest BCUT2D eigenvalue weighted by Gasteiger charge is 2.35. The molecule has 1 amide bonds. The van der Waals surface area contributed by atoms with E-state index in [1.807, 2.05) is 97.9 Å². The number of anilines is 1. The highest BCUT2D eigenvalue weighted by atomic mass is 35.5. The SMILES string of the molecule is Cc1ccc(-c2ccc(C=C3SC(=Nc4ccccc4)N(c4ccccc4)C3=O)o2)cc1Cl. The molecule has 0 aliphatic carbocycles. The van der Waals surface area contributed by atoms with E-state index in [9.17, 15) is 4.79 Å². The van der Waals surface area contributed by atoms with Crippen LogP contribution in [-0.4, -0.2) is 11.1 Å². The van der Waals surface area contributed by atoms with Crippen molar-refractivity contribution in [2.24, 2.45) is 4.99 Å². The quantitative estimate of drug-likeness (QED) is 0.287. The van der Waals surface area contributed by atoms with Gasteiger partial charge in [-0.2, -0.15) is 0 Å². The number of carbonyl (C=O) groups excluding carboxylic acids is 1. The second-order valence-corrected chi connectivity index (χ2v) is 8.90. The first-order chi connectivity index (χ1) is 16.1. The summed E-state index contributed by atoms with van der Waals surface area (Å²) in [7, 11) is 0. The van der Waals surface area contributed by atoms with E-state index in [1.165, 1.54) is 11.8 Å². The summed E-state index contributed by atoms with van der Waals surface area (Å²) < 4.78 is 6.01. The van der Waals surface area contributed by atoms with E-state index in [-0.39, 0.29) is 5.91 Å². The molecule has 4 aromatic rings. The lowest BCUT2D eigenvalue weighted by Gasteiger charge is -2.15. The van der Waals surface area contributed by atoms with Crippen LogP contribution >= 0.6 is 23.4 Å². The zero-order chi connectivity index (χ0) is 22.8. The topological polar surface area (TPSA) is 45.8 Å². The van der Waals surface area contributed by atoms with E-state index in [1.54, 1.807) is 11.0 Å². The monoisotopic (exact) mass is 470 g/mol. The third-order valence-electron chi connectivity index (χ3n) is 5.16. The minimum Gasteiger partial charge on any atom is -0.457 e. The maximum atomic E-state index is 13.4. The number of thioether (sulfide) groups is 1. The van der Waals surface area contributed by atoms with Crippen molar-refractivity contribution < 1.29 is 9.21 Å². The fourth-order valence-electron chi connectivity index (χ4n) is 3.43. The minimum absolute atomic E-state index is 0.141. The van der Waals surface area contributed by atoms with Gasteiger partial charge in [-0.25, -0.2) is 4.99 Å². The molecule has 33 heavy (non-hydrogen) atoms. The molecule has 2 heterocycles. The van der Waals surface area contributed by atoms with Gasteiger partial charge in [0.25, 0.3) is 5.91 Å². The van der Waals surface area contributed by atoms with Crippen molar-refractivity contribution in [3.05, 3.63) is 112 Å². The standard InChI is InChI=1S/C27H19ClN2O2S/c1-18-12-13-19(16-23(18)28)24-15-14-22(32-24)17-25-26(31)30(21-10-6-3-7-11-21)27(33-25)29-20-8-4-2-5-9-20/h2-17H,1H3. The van der Waals surface area contributed by atoms with Gasteiger partial charge in [-0.3, -0.25) is 9.69 Å². The van der Waals surface area contributed by atoms with Crippen molar-refractivity contribution in [2.75, 3.05) is 4.90 Å². The molecule has 4 nitrogen and oxygen atoms in total.